The largest absolute Gasteiger partial charge is 0.495 e. The number of rotatable bonds is 5. The first kappa shape index (κ1) is 18.1. The quantitative estimate of drug-likeness (QED) is 0.659. The van der Waals surface area contributed by atoms with Crippen molar-refractivity contribution in [1.29, 1.82) is 0 Å². The van der Waals surface area contributed by atoms with Gasteiger partial charge in [-0.3, -0.25) is 19.0 Å². The van der Waals surface area contributed by atoms with E-state index < -0.39 is 17.4 Å². The number of methoxy groups -OCH3 is 2. The molecule has 0 unspecified atom stereocenters. The Kier molecular flexibility index (Phi) is 5.11. The highest BCUT2D eigenvalue weighted by Crippen LogP contribution is 2.23. The highest BCUT2D eigenvalue weighted by Gasteiger charge is 2.21. The van der Waals surface area contributed by atoms with Crippen molar-refractivity contribution in [2.75, 3.05) is 20.8 Å². The molecule has 27 heavy (non-hydrogen) atoms. The van der Waals surface area contributed by atoms with Gasteiger partial charge in [-0.1, -0.05) is 12.1 Å². The molecule has 0 radical (unpaired) electrons. The van der Waals surface area contributed by atoms with Crippen LogP contribution in [-0.4, -0.2) is 47.2 Å². The minimum absolute atomic E-state index is 0.275. The predicted molar refractivity (Wildman–Crippen MR) is 96.0 cm³/mol. The van der Waals surface area contributed by atoms with Crippen molar-refractivity contribution in [2.24, 2.45) is 0 Å². The van der Waals surface area contributed by atoms with E-state index in [1.54, 1.807) is 36.4 Å². The molecule has 9 heteroatoms. The molecule has 2 aromatic heterocycles. The summed E-state index contributed by atoms with van der Waals surface area (Å²) in [7, 11) is 2.67. The molecule has 2 heterocycles. The number of hydrogen-bond acceptors (Lipinski definition) is 7. The summed E-state index contributed by atoms with van der Waals surface area (Å²) in [5.74, 6) is -1.01. The first-order valence-corrected chi connectivity index (χ1v) is 7.93. The van der Waals surface area contributed by atoms with Gasteiger partial charge >= 0.3 is 5.97 Å². The number of aromatic nitrogens is 3. The lowest BCUT2D eigenvalue weighted by atomic mass is 10.2. The molecule has 9 nitrogen and oxygen atoms in total. The Bertz CT molecular complexity index is 1080. The lowest BCUT2D eigenvalue weighted by molar-refractivity contribution is -0.139. The number of nitrogens with zero attached hydrogens (tertiary/aromatic N) is 3. The van der Waals surface area contributed by atoms with Gasteiger partial charge in [-0.05, 0) is 24.3 Å². The smallest absolute Gasteiger partial charge is 0.325 e. The number of para-hydroxylation sites is 2. The van der Waals surface area contributed by atoms with Crippen molar-refractivity contribution in [2.45, 2.75) is 0 Å². The number of ether oxygens (including phenoxy) is 2. The van der Waals surface area contributed by atoms with E-state index in [9.17, 15) is 14.4 Å². The Hall–Kier alpha value is -3.75. The van der Waals surface area contributed by atoms with Gasteiger partial charge in [-0.2, -0.15) is 0 Å². The van der Waals surface area contributed by atoms with Crippen molar-refractivity contribution in [1.82, 2.24) is 19.9 Å². The molecule has 0 aliphatic heterocycles. The molecule has 0 atom stereocenters. The van der Waals surface area contributed by atoms with E-state index in [4.69, 9.17) is 4.74 Å². The van der Waals surface area contributed by atoms with E-state index in [1.165, 1.54) is 25.0 Å². The van der Waals surface area contributed by atoms with Gasteiger partial charge in [-0.15, -0.1) is 0 Å². The van der Waals surface area contributed by atoms with Gasteiger partial charge in [0.25, 0.3) is 11.5 Å². The van der Waals surface area contributed by atoms with Crippen LogP contribution in [0.5, 0.6) is 5.75 Å². The Morgan fingerprint density at radius 3 is 2.67 bits per heavy atom. The molecular weight excluding hydrogens is 352 g/mol. The van der Waals surface area contributed by atoms with E-state index in [-0.39, 0.29) is 17.9 Å². The number of hydrogen-bond donors (Lipinski definition) is 1. The van der Waals surface area contributed by atoms with Gasteiger partial charge < -0.3 is 14.8 Å². The summed E-state index contributed by atoms with van der Waals surface area (Å²) >= 11 is 0. The zero-order chi connectivity index (χ0) is 19.4. The Morgan fingerprint density at radius 1 is 1.15 bits per heavy atom. The third-order valence-corrected chi connectivity index (χ3v) is 3.78. The lowest BCUT2D eigenvalue weighted by Crippen LogP contribution is -2.37. The molecule has 1 aromatic carbocycles. The molecular formula is C18H16N4O5. The van der Waals surface area contributed by atoms with Crippen LogP contribution in [0.3, 0.4) is 0 Å². The van der Waals surface area contributed by atoms with E-state index in [1.807, 2.05) is 0 Å². The maximum absolute atomic E-state index is 13.0. The third kappa shape index (κ3) is 3.47. The molecule has 0 aliphatic rings. The van der Waals surface area contributed by atoms with Gasteiger partial charge in [0, 0.05) is 6.20 Å². The highest BCUT2D eigenvalue weighted by atomic mass is 16.5. The van der Waals surface area contributed by atoms with Crippen LogP contribution in [0.25, 0.3) is 16.9 Å². The fraction of sp³-hybridized carbons (Fsp3) is 0.167. The average molecular weight is 368 g/mol. The maximum atomic E-state index is 13.0. The minimum atomic E-state index is -0.792. The summed E-state index contributed by atoms with van der Waals surface area (Å²) in [5.41, 5.74) is -0.0285. The van der Waals surface area contributed by atoms with Crippen molar-refractivity contribution >= 4 is 23.0 Å². The zero-order valence-corrected chi connectivity index (χ0v) is 14.6. The monoisotopic (exact) mass is 368 g/mol. The number of carbonyl (C=O) groups excluding carboxylic acids is 2. The second-order valence-electron chi connectivity index (χ2n) is 5.38. The Balaban J connectivity index is 2.21. The second kappa shape index (κ2) is 7.65. The van der Waals surface area contributed by atoms with E-state index in [0.717, 1.165) is 0 Å². The molecule has 0 fully saturated rings. The standard InChI is InChI=1S/C18H16N4O5/c1-26-13-8-4-3-7-12(13)22-16-11(6-5-9-19-16)21-15(18(22)25)17(24)20-10-14(23)27-2/h3-9H,10H2,1-2H3,(H,20,24). The van der Waals surface area contributed by atoms with Crippen molar-refractivity contribution < 1.29 is 19.1 Å². The fourth-order valence-electron chi connectivity index (χ4n) is 2.51. The molecule has 3 rings (SSSR count). The summed E-state index contributed by atoms with van der Waals surface area (Å²) in [5, 5.41) is 2.32. The van der Waals surface area contributed by atoms with Gasteiger partial charge in [0.1, 0.15) is 17.8 Å². The van der Waals surface area contributed by atoms with E-state index in [0.29, 0.717) is 17.0 Å². The van der Waals surface area contributed by atoms with E-state index >= 15 is 0 Å². The van der Waals surface area contributed by atoms with Crippen LogP contribution in [0, 0.1) is 0 Å². The summed E-state index contributed by atoms with van der Waals surface area (Å²) in [6.07, 6.45) is 1.52. The number of pyridine rings is 1. The van der Waals surface area contributed by atoms with Crippen LogP contribution in [0.4, 0.5) is 0 Å². The summed E-state index contributed by atoms with van der Waals surface area (Å²) < 4.78 is 11.1. The number of amides is 1. The van der Waals surface area contributed by atoms with Crippen LogP contribution >= 0.6 is 0 Å². The SMILES string of the molecule is COC(=O)CNC(=O)c1nc2cccnc2n(-c2ccccc2OC)c1=O. The van der Waals surface area contributed by atoms with Crippen molar-refractivity contribution in [3.05, 3.63) is 58.6 Å². The zero-order valence-electron chi connectivity index (χ0n) is 14.6. The summed E-state index contributed by atoms with van der Waals surface area (Å²) in [6.45, 7) is -0.379. The summed E-state index contributed by atoms with van der Waals surface area (Å²) in [6, 6.07) is 10.1. The minimum Gasteiger partial charge on any atom is -0.495 e. The van der Waals surface area contributed by atoms with Crippen LogP contribution in [-0.2, 0) is 9.53 Å². The number of benzene rings is 1. The molecule has 0 saturated heterocycles. The normalized spacial score (nSPS) is 10.4. The van der Waals surface area contributed by atoms with Gasteiger partial charge in [0.2, 0.25) is 0 Å². The summed E-state index contributed by atoms with van der Waals surface area (Å²) in [4.78, 5) is 45.0. The molecule has 0 saturated carbocycles. The number of carbonyl (C=O) groups is 2. The van der Waals surface area contributed by atoms with Gasteiger partial charge in [0.15, 0.2) is 11.3 Å². The molecule has 138 valence electrons. The molecule has 0 bridgehead atoms. The average Bonchev–Trinajstić information content (AvgIpc) is 2.71. The molecule has 0 aliphatic carbocycles. The topological polar surface area (TPSA) is 112 Å². The third-order valence-electron chi connectivity index (χ3n) is 3.78. The number of fused-ring (bicyclic) bond motifs is 1. The van der Waals surface area contributed by atoms with Crippen molar-refractivity contribution in [3.8, 4) is 11.4 Å². The fourth-order valence-corrected chi connectivity index (χ4v) is 2.51. The molecule has 0 spiro atoms. The molecule has 3 aromatic rings. The van der Waals surface area contributed by atoms with Crippen LogP contribution < -0.4 is 15.6 Å². The van der Waals surface area contributed by atoms with E-state index in [2.05, 4.69) is 20.0 Å². The first-order chi connectivity index (χ1) is 13.1. The Labute approximate surface area is 153 Å². The van der Waals surface area contributed by atoms with Crippen molar-refractivity contribution in [3.63, 3.8) is 0 Å². The molecule has 1 amide bonds. The number of nitrogens with one attached hydrogen (secondary N) is 1. The first-order valence-electron chi connectivity index (χ1n) is 7.93. The predicted octanol–water partition coefficient (Wildman–Crippen LogP) is 0.692. The van der Waals surface area contributed by atoms with Gasteiger partial charge in [-0.25, -0.2) is 9.97 Å². The van der Waals surface area contributed by atoms with Gasteiger partial charge in [0.05, 0.1) is 19.9 Å². The van der Waals surface area contributed by atoms with Crippen LogP contribution in [0.2, 0.25) is 0 Å². The molecule has 1 N–H and O–H groups in total. The Morgan fingerprint density at radius 2 is 1.93 bits per heavy atom. The van der Waals surface area contributed by atoms with Crippen LogP contribution in [0.15, 0.2) is 47.4 Å². The maximum Gasteiger partial charge on any atom is 0.325 e. The number of esters is 1. The highest BCUT2D eigenvalue weighted by molar-refractivity contribution is 5.95. The van der Waals surface area contributed by atoms with Crippen LogP contribution in [0.1, 0.15) is 10.5 Å². The second-order valence-corrected chi connectivity index (χ2v) is 5.38. The lowest BCUT2D eigenvalue weighted by Gasteiger charge is -2.14.